The van der Waals surface area contributed by atoms with Crippen molar-refractivity contribution in [2.24, 2.45) is 5.73 Å². The van der Waals surface area contributed by atoms with E-state index in [0.717, 1.165) is 11.3 Å². The average Bonchev–Trinajstić information content (AvgIpc) is 2.01. The standard InChI is InChI=1S/C10H16N2O/c1-8-6-12-5-4-9(8)13-7-10(2,3)11/h4-6H,7,11H2,1-3H3. The first-order chi connectivity index (χ1) is 5.99. The van der Waals surface area contributed by atoms with Crippen molar-refractivity contribution in [1.82, 2.24) is 4.98 Å². The molecule has 0 aromatic carbocycles. The smallest absolute Gasteiger partial charge is 0.125 e. The molecule has 0 aliphatic heterocycles. The molecule has 1 rings (SSSR count). The van der Waals surface area contributed by atoms with E-state index in [-0.39, 0.29) is 5.54 Å². The first-order valence-electron chi connectivity index (χ1n) is 4.31. The van der Waals surface area contributed by atoms with E-state index in [2.05, 4.69) is 4.98 Å². The zero-order valence-electron chi connectivity index (χ0n) is 8.37. The fraction of sp³-hybridized carbons (Fsp3) is 0.500. The summed E-state index contributed by atoms with van der Waals surface area (Å²) in [5.41, 5.74) is 6.53. The highest BCUT2D eigenvalue weighted by molar-refractivity contribution is 5.28. The molecule has 13 heavy (non-hydrogen) atoms. The SMILES string of the molecule is Cc1cnccc1OCC(C)(C)N. The number of nitrogens with two attached hydrogens (primary N) is 1. The molecule has 0 amide bonds. The van der Waals surface area contributed by atoms with Gasteiger partial charge >= 0.3 is 0 Å². The van der Waals surface area contributed by atoms with E-state index in [0.29, 0.717) is 6.61 Å². The van der Waals surface area contributed by atoms with Crippen LogP contribution in [0.4, 0.5) is 0 Å². The van der Waals surface area contributed by atoms with Crippen molar-refractivity contribution in [3.63, 3.8) is 0 Å². The third-order valence-corrected chi connectivity index (χ3v) is 1.57. The Bertz CT molecular complexity index is 278. The van der Waals surface area contributed by atoms with Crippen LogP contribution < -0.4 is 10.5 Å². The number of hydrogen-bond donors (Lipinski definition) is 1. The van der Waals surface area contributed by atoms with E-state index in [1.54, 1.807) is 12.4 Å². The normalized spacial score (nSPS) is 11.4. The number of rotatable bonds is 3. The number of ether oxygens (including phenoxy) is 1. The molecule has 0 aliphatic rings. The summed E-state index contributed by atoms with van der Waals surface area (Å²) in [6, 6.07) is 1.85. The molecular formula is C10H16N2O. The van der Waals surface area contributed by atoms with Crippen LogP contribution in [-0.4, -0.2) is 17.1 Å². The van der Waals surface area contributed by atoms with Gasteiger partial charge in [0.2, 0.25) is 0 Å². The van der Waals surface area contributed by atoms with Crippen LogP contribution in [0.15, 0.2) is 18.5 Å². The van der Waals surface area contributed by atoms with Gasteiger partial charge in [-0.2, -0.15) is 0 Å². The first-order valence-corrected chi connectivity index (χ1v) is 4.31. The van der Waals surface area contributed by atoms with Crippen LogP contribution in [0.2, 0.25) is 0 Å². The molecule has 0 unspecified atom stereocenters. The zero-order chi connectivity index (χ0) is 9.90. The van der Waals surface area contributed by atoms with Gasteiger partial charge in [0.15, 0.2) is 0 Å². The largest absolute Gasteiger partial charge is 0.491 e. The Hall–Kier alpha value is -1.09. The van der Waals surface area contributed by atoms with Crippen LogP contribution in [0.1, 0.15) is 19.4 Å². The van der Waals surface area contributed by atoms with Crippen molar-refractivity contribution in [2.75, 3.05) is 6.61 Å². The van der Waals surface area contributed by atoms with Crippen molar-refractivity contribution < 1.29 is 4.74 Å². The van der Waals surface area contributed by atoms with Crippen LogP contribution in [0.3, 0.4) is 0 Å². The van der Waals surface area contributed by atoms with Gasteiger partial charge in [-0.05, 0) is 26.8 Å². The van der Waals surface area contributed by atoms with Gasteiger partial charge < -0.3 is 10.5 Å². The van der Waals surface area contributed by atoms with Crippen LogP contribution in [0.5, 0.6) is 5.75 Å². The Labute approximate surface area is 78.9 Å². The highest BCUT2D eigenvalue weighted by Crippen LogP contribution is 2.15. The lowest BCUT2D eigenvalue weighted by atomic mass is 10.1. The van der Waals surface area contributed by atoms with Gasteiger partial charge in [-0.1, -0.05) is 0 Å². The Morgan fingerprint density at radius 2 is 2.23 bits per heavy atom. The minimum atomic E-state index is -0.296. The maximum Gasteiger partial charge on any atom is 0.125 e. The highest BCUT2D eigenvalue weighted by Gasteiger charge is 2.11. The second-order valence-electron chi connectivity index (χ2n) is 3.92. The van der Waals surface area contributed by atoms with E-state index in [4.69, 9.17) is 10.5 Å². The maximum absolute atomic E-state index is 5.79. The molecule has 0 fully saturated rings. The summed E-state index contributed by atoms with van der Waals surface area (Å²) in [5, 5.41) is 0. The van der Waals surface area contributed by atoms with Gasteiger partial charge in [0.25, 0.3) is 0 Å². The number of hydrogen-bond acceptors (Lipinski definition) is 3. The molecule has 0 bridgehead atoms. The van der Waals surface area contributed by atoms with Gasteiger partial charge in [-0.3, -0.25) is 4.98 Å². The summed E-state index contributed by atoms with van der Waals surface area (Å²) in [4.78, 5) is 3.98. The minimum absolute atomic E-state index is 0.296. The average molecular weight is 180 g/mol. The van der Waals surface area contributed by atoms with Crippen LogP contribution in [-0.2, 0) is 0 Å². The lowest BCUT2D eigenvalue weighted by molar-refractivity contribution is 0.242. The molecule has 2 N–H and O–H groups in total. The van der Waals surface area contributed by atoms with Crippen molar-refractivity contribution in [3.05, 3.63) is 24.0 Å². The van der Waals surface area contributed by atoms with Gasteiger partial charge in [0.1, 0.15) is 12.4 Å². The number of nitrogens with zero attached hydrogens (tertiary/aromatic N) is 1. The Morgan fingerprint density at radius 3 is 2.77 bits per heavy atom. The van der Waals surface area contributed by atoms with E-state index >= 15 is 0 Å². The third-order valence-electron chi connectivity index (χ3n) is 1.57. The molecule has 0 radical (unpaired) electrons. The molecule has 0 saturated heterocycles. The van der Waals surface area contributed by atoms with Gasteiger partial charge in [-0.25, -0.2) is 0 Å². The van der Waals surface area contributed by atoms with E-state index in [1.807, 2.05) is 26.8 Å². The van der Waals surface area contributed by atoms with Gasteiger partial charge in [-0.15, -0.1) is 0 Å². The van der Waals surface area contributed by atoms with Crippen LogP contribution in [0, 0.1) is 6.92 Å². The van der Waals surface area contributed by atoms with Gasteiger partial charge in [0.05, 0.1) is 0 Å². The molecular weight excluding hydrogens is 164 g/mol. The Morgan fingerprint density at radius 1 is 1.54 bits per heavy atom. The van der Waals surface area contributed by atoms with Crippen molar-refractivity contribution in [1.29, 1.82) is 0 Å². The lowest BCUT2D eigenvalue weighted by Crippen LogP contribution is -2.38. The van der Waals surface area contributed by atoms with Crippen molar-refractivity contribution in [3.8, 4) is 5.75 Å². The molecule has 0 atom stereocenters. The first kappa shape index (κ1) is 9.99. The highest BCUT2D eigenvalue weighted by atomic mass is 16.5. The number of aromatic nitrogens is 1. The summed E-state index contributed by atoms with van der Waals surface area (Å²) in [7, 11) is 0. The monoisotopic (exact) mass is 180 g/mol. The molecule has 1 aromatic heterocycles. The molecule has 1 heterocycles. The molecule has 0 saturated carbocycles. The zero-order valence-corrected chi connectivity index (χ0v) is 8.37. The summed E-state index contributed by atoms with van der Waals surface area (Å²) in [6.07, 6.45) is 3.49. The molecule has 0 spiro atoms. The third kappa shape index (κ3) is 3.42. The number of pyridine rings is 1. The summed E-state index contributed by atoms with van der Waals surface area (Å²) in [5.74, 6) is 0.855. The van der Waals surface area contributed by atoms with Crippen LogP contribution in [0.25, 0.3) is 0 Å². The maximum atomic E-state index is 5.79. The lowest BCUT2D eigenvalue weighted by Gasteiger charge is -2.19. The van der Waals surface area contributed by atoms with E-state index < -0.39 is 0 Å². The molecule has 3 heteroatoms. The molecule has 72 valence electrons. The topological polar surface area (TPSA) is 48.1 Å². The molecule has 0 aliphatic carbocycles. The van der Waals surface area contributed by atoms with Crippen molar-refractivity contribution in [2.45, 2.75) is 26.3 Å². The minimum Gasteiger partial charge on any atom is -0.491 e. The summed E-state index contributed by atoms with van der Waals surface area (Å²) >= 11 is 0. The predicted molar refractivity (Wildman–Crippen MR) is 52.7 cm³/mol. The van der Waals surface area contributed by atoms with E-state index in [9.17, 15) is 0 Å². The van der Waals surface area contributed by atoms with Gasteiger partial charge in [0, 0.05) is 23.5 Å². The Balaban J connectivity index is 2.60. The summed E-state index contributed by atoms with van der Waals surface area (Å²) < 4.78 is 5.54. The number of aryl methyl sites for hydroxylation is 1. The molecule has 3 nitrogen and oxygen atoms in total. The fourth-order valence-electron chi connectivity index (χ4n) is 0.886. The van der Waals surface area contributed by atoms with E-state index in [1.165, 1.54) is 0 Å². The molecule has 1 aromatic rings. The second kappa shape index (κ2) is 3.75. The quantitative estimate of drug-likeness (QED) is 0.767. The fourth-order valence-corrected chi connectivity index (χ4v) is 0.886. The second-order valence-corrected chi connectivity index (χ2v) is 3.92. The predicted octanol–water partition coefficient (Wildman–Crippen LogP) is 1.51. The Kier molecular flexibility index (Phi) is 2.88. The van der Waals surface area contributed by atoms with Crippen molar-refractivity contribution >= 4 is 0 Å². The summed E-state index contributed by atoms with van der Waals surface area (Å²) in [6.45, 7) is 6.34. The van der Waals surface area contributed by atoms with Crippen LogP contribution >= 0.6 is 0 Å².